The molecule has 29 heavy (non-hydrogen) atoms. The summed E-state index contributed by atoms with van der Waals surface area (Å²) in [5.74, 6) is 0.0738. The summed E-state index contributed by atoms with van der Waals surface area (Å²) in [6.07, 6.45) is 4.68. The standard InChI is InChI=1S/C23H18Cl2N2O2/c1-27-21(16-4-8-18(24)9-5-16)22(17-6-10-19(25)11-7-17)29-20(23(27)28)13-15-3-2-12-26-14-15/h2-14,21-22H,1H3/b20-13-. The maximum absolute atomic E-state index is 13.1. The Morgan fingerprint density at radius 2 is 1.59 bits per heavy atom. The number of hydrogen-bond donors (Lipinski definition) is 0. The molecule has 2 unspecified atom stereocenters. The lowest BCUT2D eigenvalue weighted by Gasteiger charge is -2.40. The summed E-state index contributed by atoms with van der Waals surface area (Å²) in [6, 6.07) is 18.3. The Morgan fingerprint density at radius 3 is 2.17 bits per heavy atom. The highest BCUT2D eigenvalue weighted by molar-refractivity contribution is 6.30. The average Bonchev–Trinajstić information content (AvgIpc) is 2.74. The fraction of sp³-hybridized carbons (Fsp3) is 0.130. The Bertz CT molecular complexity index is 1030. The molecule has 2 aromatic carbocycles. The van der Waals surface area contributed by atoms with Crippen LogP contribution in [0.2, 0.25) is 10.0 Å². The molecule has 1 aliphatic heterocycles. The summed E-state index contributed by atoms with van der Waals surface area (Å²) < 4.78 is 6.26. The van der Waals surface area contributed by atoms with E-state index in [9.17, 15) is 4.79 Å². The number of halogens is 2. The van der Waals surface area contributed by atoms with E-state index in [0.29, 0.717) is 10.0 Å². The van der Waals surface area contributed by atoms with Crippen LogP contribution in [0.25, 0.3) is 6.08 Å². The zero-order valence-electron chi connectivity index (χ0n) is 15.6. The minimum Gasteiger partial charge on any atom is -0.477 e. The van der Waals surface area contributed by atoms with Crippen LogP contribution in [0.15, 0.2) is 78.8 Å². The lowest BCUT2D eigenvalue weighted by atomic mass is 9.92. The second-order valence-corrected chi connectivity index (χ2v) is 7.67. The topological polar surface area (TPSA) is 42.4 Å². The fourth-order valence-corrected chi connectivity index (χ4v) is 3.68. The lowest BCUT2D eigenvalue weighted by molar-refractivity contribution is -0.144. The van der Waals surface area contributed by atoms with Crippen molar-refractivity contribution in [3.8, 4) is 0 Å². The normalized spacial score (nSPS) is 20.6. The van der Waals surface area contributed by atoms with E-state index in [1.165, 1.54) is 0 Å². The summed E-state index contributed by atoms with van der Waals surface area (Å²) in [7, 11) is 1.78. The molecule has 0 radical (unpaired) electrons. The highest BCUT2D eigenvalue weighted by Gasteiger charge is 2.40. The number of aromatic nitrogens is 1. The Balaban J connectivity index is 1.78. The third kappa shape index (κ3) is 4.14. The van der Waals surface area contributed by atoms with E-state index in [-0.39, 0.29) is 17.7 Å². The first-order valence-corrected chi connectivity index (χ1v) is 9.85. The molecule has 1 saturated heterocycles. The predicted octanol–water partition coefficient (Wildman–Crippen LogP) is 5.70. The molecular formula is C23H18Cl2N2O2. The summed E-state index contributed by atoms with van der Waals surface area (Å²) in [4.78, 5) is 18.9. The van der Waals surface area contributed by atoms with Gasteiger partial charge in [-0.05, 0) is 53.1 Å². The van der Waals surface area contributed by atoms with E-state index in [1.54, 1.807) is 30.4 Å². The molecule has 1 fully saturated rings. The molecule has 6 heteroatoms. The molecule has 2 heterocycles. The summed E-state index contributed by atoms with van der Waals surface area (Å²) in [6.45, 7) is 0. The first-order valence-electron chi connectivity index (χ1n) is 9.09. The minimum atomic E-state index is -0.404. The third-order valence-corrected chi connectivity index (χ3v) is 5.39. The molecule has 4 nitrogen and oxygen atoms in total. The molecule has 1 amide bonds. The van der Waals surface area contributed by atoms with Gasteiger partial charge in [0, 0.05) is 29.5 Å². The number of nitrogens with zero attached hydrogens (tertiary/aromatic N) is 2. The molecule has 2 atom stereocenters. The van der Waals surface area contributed by atoms with Crippen molar-refractivity contribution in [1.82, 2.24) is 9.88 Å². The maximum atomic E-state index is 13.1. The number of carbonyl (C=O) groups is 1. The van der Waals surface area contributed by atoms with Crippen molar-refractivity contribution in [2.24, 2.45) is 0 Å². The second kappa shape index (κ2) is 8.27. The van der Waals surface area contributed by atoms with Gasteiger partial charge in [0.1, 0.15) is 6.10 Å². The SMILES string of the molecule is CN1C(=O)/C(=C/c2cccnc2)OC(c2ccc(Cl)cc2)C1c1ccc(Cl)cc1. The van der Waals surface area contributed by atoms with Gasteiger partial charge in [-0.15, -0.1) is 0 Å². The van der Waals surface area contributed by atoms with Crippen LogP contribution in [0.1, 0.15) is 28.8 Å². The molecule has 4 rings (SSSR count). The van der Waals surface area contributed by atoms with Gasteiger partial charge in [0.15, 0.2) is 5.76 Å². The van der Waals surface area contributed by atoms with Crippen molar-refractivity contribution >= 4 is 35.2 Å². The number of pyridine rings is 1. The molecule has 3 aromatic rings. The predicted molar refractivity (Wildman–Crippen MR) is 114 cm³/mol. The zero-order valence-corrected chi connectivity index (χ0v) is 17.1. The van der Waals surface area contributed by atoms with Gasteiger partial charge < -0.3 is 9.64 Å². The van der Waals surface area contributed by atoms with Gasteiger partial charge in [-0.2, -0.15) is 0 Å². The number of rotatable bonds is 3. The molecular weight excluding hydrogens is 407 g/mol. The number of ether oxygens (including phenoxy) is 1. The van der Waals surface area contributed by atoms with Crippen LogP contribution in [0.4, 0.5) is 0 Å². The summed E-state index contributed by atoms with van der Waals surface area (Å²) in [5.41, 5.74) is 2.65. The smallest absolute Gasteiger partial charge is 0.289 e. The van der Waals surface area contributed by atoms with E-state index >= 15 is 0 Å². The van der Waals surface area contributed by atoms with Gasteiger partial charge in [-0.3, -0.25) is 9.78 Å². The van der Waals surface area contributed by atoms with Gasteiger partial charge in [-0.25, -0.2) is 0 Å². The van der Waals surface area contributed by atoms with Crippen molar-refractivity contribution in [3.63, 3.8) is 0 Å². The molecule has 0 bridgehead atoms. The molecule has 1 aromatic heterocycles. The average molecular weight is 425 g/mol. The number of amides is 1. The van der Waals surface area contributed by atoms with Crippen LogP contribution in [0.3, 0.4) is 0 Å². The van der Waals surface area contributed by atoms with Gasteiger partial charge in [0.25, 0.3) is 5.91 Å². The van der Waals surface area contributed by atoms with Crippen molar-refractivity contribution in [1.29, 1.82) is 0 Å². The number of hydrogen-bond acceptors (Lipinski definition) is 3. The van der Waals surface area contributed by atoms with Crippen molar-refractivity contribution in [3.05, 3.63) is 106 Å². The first-order chi connectivity index (χ1) is 14.0. The molecule has 1 aliphatic rings. The second-order valence-electron chi connectivity index (χ2n) is 6.80. The molecule has 0 spiro atoms. The van der Waals surface area contributed by atoms with Crippen LogP contribution in [-0.2, 0) is 9.53 Å². The minimum absolute atomic E-state index is 0.195. The van der Waals surface area contributed by atoms with E-state index in [0.717, 1.165) is 16.7 Å². The Hall–Kier alpha value is -2.82. The van der Waals surface area contributed by atoms with Crippen LogP contribution in [0.5, 0.6) is 0 Å². The fourth-order valence-electron chi connectivity index (χ4n) is 3.42. The van der Waals surface area contributed by atoms with Crippen molar-refractivity contribution in [2.45, 2.75) is 12.1 Å². The number of benzene rings is 2. The lowest BCUT2D eigenvalue weighted by Crippen LogP contribution is -2.42. The highest BCUT2D eigenvalue weighted by Crippen LogP contribution is 2.43. The van der Waals surface area contributed by atoms with Crippen LogP contribution < -0.4 is 0 Å². The van der Waals surface area contributed by atoms with Gasteiger partial charge in [0.05, 0.1) is 6.04 Å². The van der Waals surface area contributed by atoms with Crippen molar-refractivity contribution < 1.29 is 9.53 Å². The van der Waals surface area contributed by atoms with Crippen LogP contribution in [-0.4, -0.2) is 22.8 Å². The molecule has 0 saturated carbocycles. The maximum Gasteiger partial charge on any atom is 0.289 e. The summed E-state index contributed by atoms with van der Waals surface area (Å²) >= 11 is 12.1. The van der Waals surface area contributed by atoms with Gasteiger partial charge >= 0.3 is 0 Å². The van der Waals surface area contributed by atoms with Crippen LogP contribution >= 0.6 is 23.2 Å². The summed E-state index contributed by atoms with van der Waals surface area (Å²) in [5, 5.41) is 1.28. The number of morpholine rings is 1. The molecule has 146 valence electrons. The van der Waals surface area contributed by atoms with Crippen LogP contribution in [0, 0.1) is 0 Å². The van der Waals surface area contributed by atoms with Crippen molar-refractivity contribution in [2.75, 3.05) is 7.05 Å². The largest absolute Gasteiger partial charge is 0.477 e. The first kappa shape index (κ1) is 19.5. The van der Waals surface area contributed by atoms with E-state index < -0.39 is 6.10 Å². The third-order valence-electron chi connectivity index (χ3n) is 4.88. The Kier molecular flexibility index (Phi) is 5.56. The zero-order chi connectivity index (χ0) is 20.4. The highest BCUT2D eigenvalue weighted by atomic mass is 35.5. The monoisotopic (exact) mass is 424 g/mol. The van der Waals surface area contributed by atoms with E-state index in [1.807, 2.05) is 60.7 Å². The number of carbonyl (C=O) groups excluding carboxylic acids is 1. The number of likely N-dealkylation sites (N-methyl/N-ethyl adjacent to an activating group) is 1. The van der Waals surface area contributed by atoms with Gasteiger partial charge in [0.2, 0.25) is 0 Å². The van der Waals surface area contributed by atoms with E-state index in [2.05, 4.69) is 4.98 Å². The quantitative estimate of drug-likeness (QED) is 0.506. The Labute approximate surface area is 179 Å². The molecule has 0 aliphatic carbocycles. The van der Waals surface area contributed by atoms with Gasteiger partial charge in [-0.1, -0.05) is 53.5 Å². The Morgan fingerprint density at radius 1 is 0.966 bits per heavy atom. The van der Waals surface area contributed by atoms with E-state index in [4.69, 9.17) is 27.9 Å². The molecule has 0 N–H and O–H groups in total.